The van der Waals surface area contributed by atoms with Crippen LogP contribution in [0.15, 0.2) is 53.6 Å². The number of alkyl halides is 6. The highest BCUT2D eigenvalue weighted by atomic mass is 19.4. The van der Waals surface area contributed by atoms with Crippen LogP contribution in [-0.2, 0) is 33.1 Å². The maximum atomic E-state index is 13.9. The van der Waals surface area contributed by atoms with Gasteiger partial charge >= 0.3 is 18.4 Å². The summed E-state index contributed by atoms with van der Waals surface area (Å²) in [5.74, 6) is -1.95. The number of nitrogens with one attached hydrogen (secondary N) is 1. The molecule has 2 aromatic carbocycles. The van der Waals surface area contributed by atoms with E-state index in [-0.39, 0.29) is 37.9 Å². The Kier molecular flexibility index (Phi) is 9.14. The van der Waals surface area contributed by atoms with E-state index in [9.17, 15) is 40.7 Å². The third kappa shape index (κ3) is 7.87. The fourth-order valence-electron chi connectivity index (χ4n) is 5.25. The zero-order valence-corrected chi connectivity index (χ0v) is 24.9. The van der Waals surface area contributed by atoms with Crippen LogP contribution in [0, 0.1) is 5.41 Å². The molecule has 9 nitrogen and oxygen atoms in total. The summed E-state index contributed by atoms with van der Waals surface area (Å²) >= 11 is 0. The van der Waals surface area contributed by atoms with E-state index in [4.69, 9.17) is 9.47 Å². The Morgan fingerprint density at radius 2 is 1.60 bits per heavy atom. The Balaban J connectivity index is 1.63. The van der Waals surface area contributed by atoms with E-state index in [0.717, 1.165) is 5.56 Å². The summed E-state index contributed by atoms with van der Waals surface area (Å²) in [5.41, 5.74) is -4.06. The van der Waals surface area contributed by atoms with Crippen molar-refractivity contribution in [1.82, 2.24) is 15.2 Å². The molecule has 4 rings (SSSR count). The predicted octanol–water partition coefficient (Wildman–Crippen LogP) is 5.29. The molecule has 45 heavy (non-hydrogen) atoms. The smallest absolute Gasteiger partial charge is 0.416 e. The maximum absolute atomic E-state index is 13.9. The standard InChI is InChI=1S/C30H32F6N4O5/c1-27(2,3)45-26(43)37-22(16-44-21-13-19(29(31,32)33)12-20(14-21)30(34,35)36)24(41)40-11-10-23-28(17-40,25(42)39(4)38-23)15-18-8-6-5-7-9-18/h5-9,12-14,22H,10-11,15-17H2,1-4H3,(H,37,43)/t22-,28-/m1/s1. The number of ether oxygens (including phenoxy) is 2. The molecule has 1 N–H and O–H groups in total. The van der Waals surface area contributed by atoms with Crippen LogP contribution in [0.1, 0.15) is 43.9 Å². The summed E-state index contributed by atoms with van der Waals surface area (Å²) < 4.78 is 90.9. The molecule has 2 aliphatic heterocycles. The molecule has 2 atom stereocenters. The molecule has 1 fully saturated rings. The van der Waals surface area contributed by atoms with E-state index < -0.39 is 64.9 Å². The number of rotatable bonds is 7. The van der Waals surface area contributed by atoms with E-state index in [1.165, 1.54) is 17.0 Å². The highest BCUT2D eigenvalue weighted by Gasteiger charge is 2.54. The Hall–Kier alpha value is -4.30. The molecule has 3 amide bonds. The Morgan fingerprint density at radius 1 is 1.00 bits per heavy atom. The zero-order chi connectivity index (χ0) is 33.4. The highest BCUT2D eigenvalue weighted by molar-refractivity contribution is 6.13. The quantitative estimate of drug-likeness (QED) is 0.414. The largest absolute Gasteiger partial charge is 0.491 e. The van der Waals surface area contributed by atoms with Gasteiger partial charge in [-0.05, 0) is 51.0 Å². The molecule has 2 aromatic rings. The molecule has 0 unspecified atom stereocenters. The number of benzene rings is 2. The van der Waals surface area contributed by atoms with Gasteiger partial charge in [-0.25, -0.2) is 9.80 Å². The number of carbonyl (C=O) groups excluding carboxylic acids is 3. The molecule has 15 heteroatoms. The number of likely N-dealkylation sites (tertiary alicyclic amines) is 1. The van der Waals surface area contributed by atoms with Gasteiger partial charge in [0.2, 0.25) is 5.91 Å². The van der Waals surface area contributed by atoms with Gasteiger partial charge in [0.1, 0.15) is 29.4 Å². The second-order valence-electron chi connectivity index (χ2n) is 11.9. The van der Waals surface area contributed by atoms with Crippen molar-refractivity contribution in [3.63, 3.8) is 0 Å². The van der Waals surface area contributed by atoms with Gasteiger partial charge in [-0.3, -0.25) is 9.59 Å². The first kappa shape index (κ1) is 33.6. The average Bonchev–Trinajstić information content (AvgIpc) is 3.17. The molecule has 0 spiro atoms. The average molecular weight is 643 g/mol. The lowest BCUT2D eigenvalue weighted by atomic mass is 9.73. The number of fused-ring (bicyclic) bond motifs is 1. The third-order valence-corrected chi connectivity index (χ3v) is 7.23. The normalized spacial score (nSPS) is 19.5. The summed E-state index contributed by atoms with van der Waals surface area (Å²) in [6.07, 6.45) is -10.9. The minimum atomic E-state index is -5.12. The van der Waals surface area contributed by atoms with E-state index in [1.807, 2.05) is 18.2 Å². The first-order valence-corrected chi connectivity index (χ1v) is 13.9. The van der Waals surface area contributed by atoms with Gasteiger partial charge in [-0.2, -0.15) is 31.4 Å². The fourth-order valence-corrected chi connectivity index (χ4v) is 5.25. The molecule has 2 aliphatic rings. The van der Waals surface area contributed by atoms with Crippen molar-refractivity contribution in [3.05, 3.63) is 65.2 Å². The molecule has 0 radical (unpaired) electrons. The monoisotopic (exact) mass is 642 g/mol. The minimum absolute atomic E-state index is 0.0525. The summed E-state index contributed by atoms with van der Waals surface area (Å²) in [4.78, 5) is 41.3. The Bertz CT molecular complexity index is 1440. The van der Waals surface area contributed by atoms with Crippen molar-refractivity contribution in [2.75, 3.05) is 26.7 Å². The molecule has 0 bridgehead atoms. The number of amides is 3. The molecule has 0 saturated carbocycles. The van der Waals surface area contributed by atoms with Crippen LogP contribution in [-0.4, -0.2) is 71.9 Å². The van der Waals surface area contributed by atoms with Crippen molar-refractivity contribution in [1.29, 1.82) is 0 Å². The lowest BCUT2D eigenvalue weighted by molar-refractivity contribution is -0.144. The SMILES string of the molecule is CN1N=C2CCN(C(=O)[C@@H](COc3cc(C(F)(F)F)cc(C(F)(F)F)c3)NC(=O)OC(C)(C)C)C[C@@]2(Cc2ccccc2)C1=O. The summed E-state index contributed by atoms with van der Waals surface area (Å²) in [6.45, 7) is 3.76. The van der Waals surface area contributed by atoms with Gasteiger partial charge in [0.15, 0.2) is 0 Å². The second kappa shape index (κ2) is 12.2. The van der Waals surface area contributed by atoms with Crippen molar-refractivity contribution < 1.29 is 50.2 Å². The zero-order valence-electron chi connectivity index (χ0n) is 24.9. The van der Waals surface area contributed by atoms with Crippen LogP contribution >= 0.6 is 0 Å². The van der Waals surface area contributed by atoms with Gasteiger partial charge in [0.05, 0.1) is 16.8 Å². The summed E-state index contributed by atoms with van der Waals surface area (Å²) in [6, 6.07) is 8.14. The molecule has 244 valence electrons. The van der Waals surface area contributed by atoms with E-state index >= 15 is 0 Å². The topological polar surface area (TPSA) is 101 Å². The number of carbonyl (C=O) groups is 3. The van der Waals surface area contributed by atoms with Gasteiger partial charge in [-0.1, -0.05) is 30.3 Å². The predicted molar refractivity (Wildman–Crippen MR) is 149 cm³/mol. The van der Waals surface area contributed by atoms with Gasteiger partial charge in [0.25, 0.3) is 5.91 Å². The Morgan fingerprint density at radius 3 is 2.16 bits per heavy atom. The van der Waals surface area contributed by atoms with Crippen molar-refractivity contribution in [2.24, 2.45) is 10.5 Å². The molecule has 2 heterocycles. The highest BCUT2D eigenvalue weighted by Crippen LogP contribution is 2.40. The van der Waals surface area contributed by atoms with Crippen LogP contribution in [0.4, 0.5) is 31.1 Å². The number of halogens is 6. The van der Waals surface area contributed by atoms with Crippen LogP contribution < -0.4 is 10.1 Å². The fraction of sp³-hybridized carbons (Fsp3) is 0.467. The van der Waals surface area contributed by atoms with Crippen LogP contribution in [0.2, 0.25) is 0 Å². The summed E-state index contributed by atoms with van der Waals surface area (Å²) in [7, 11) is 1.50. The number of hydrazone groups is 1. The first-order chi connectivity index (χ1) is 20.8. The van der Waals surface area contributed by atoms with E-state index in [1.54, 1.807) is 32.9 Å². The first-order valence-electron chi connectivity index (χ1n) is 13.9. The van der Waals surface area contributed by atoms with Crippen LogP contribution in [0.25, 0.3) is 0 Å². The van der Waals surface area contributed by atoms with Crippen LogP contribution in [0.3, 0.4) is 0 Å². The van der Waals surface area contributed by atoms with Gasteiger partial charge in [0, 0.05) is 26.6 Å². The number of hydrogen-bond acceptors (Lipinski definition) is 6. The van der Waals surface area contributed by atoms with Gasteiger partial charge < -0.3 is 19.7 Å². The molecule has 0 aromatic heterocycles. The summed E-state index contributed by atoms with van der Waals surface area (Å²) in [5, 5.41) is 7.91. The van der Waals surface area contributed by atoms with Crippen LogP contribution in [0.5, 0.6) is 5.75 Å². The van der Waals surface area contributed by atoms with E-state index in [0.29, 0.717) is 17.8 Å². The molecular weight excluding hydrogens is 610 g/mol. The lowest BCUT2D eigenvalue weighted by Gasteiger charge is -2.40. The molecular formula is C30H32F6N4O5. The number of hydrogen-bond donors (Lipinski definition) is 1. The Labute approximate surface area is 255 Å². The maximum Gasteiger partial charge on any atom is 0.416 e. The van der Waals surface area contributed by atoms with Crippen molar-refractivity contribution in [2.45, 2.75) is 57.6 Å². The van der Waals surface area contributed by atoms with Crippen molar-refractivity contribution in [3.8, 4) is 5.75 Å². The van der Waals surface area contributed by atoms with Gasteiger partial charge in [-0.15, -0.1) is 0 Å². The third-order valence-electron chi connectivity index (χ3n) is 7.23. The number of piperidine rings is 1. The number of alkyl carbamates (subject to hydrolysis) is 1. The lowest BCUT2D eigenvalue weighted by Crippen LogP contribution is -2.60. The van der Waals surface area contributed by atoms with Crippen molar-refractivity contribution >= 4 is 23.6 Å². The number of nitrogens with zero attached hydrogens (tertiary/aromatic N) is 3. The second-order valence-corrected chi connectivity index (χ2v) is 11.9. The molecule has 0 aliphatic carbocycles. The van der Waals surface area contributed by atoms with E-state index in [2.05, 4.69) is 10.4 Å². The minimum Gasteiger partial charge on any atom is -0.491 e. The molecule has 1 saturated heterocycles.